The van der Waals surface area contributed by atoms with Gasteiger partial charge in [0.05, 0.1) is 12.1 Å². The van der Waals surface area contributed by atoms with Crippen molar-refractivity contribution in [1.82, 2.24) is 36.9 Å². The van der Waals surface area contributed by atoms with Gasteiger partial charge in [-0.2, -0.15) is 24.9 Å². The molecule has 308 valence electrons. The molecule has 0 spiro atoms. The Morgan fingerprint density at radius 2 is 1.43 bits per heavy atom. The Morgan fingerprint density at radius 1 is 0.804 bits per heavy atom. The molecule has 0 unspecified atom stereocenters. The van der Waals surface area contributed by atoms with Crippen LogP contribution in [0.1, 0.15) is 98.7 Å². The number of halogens is 3. The molecule has 2 aliphatic heterocycles. The number of urea groups is 1. The number of aromatic nitrogens is 1. The van der Waals surface area contributed by atoms with Crippen LogP contribution < -0.4 is 42.4 Å². The quantitative estimate of drug-likeness (QED) is 0.0597. The topological polar surface area (TPSA) is 206 Å². The Kier molecular flexibility index (Phi) is 18.0. The van der Waals surface area contributed by atoms with Crippen molar-refractivity contribution < 1.29 is 41.9 Å². The summed E-state index contributed by atoms with van der Waals surface area (Å²) in [5.41, 5.74) is 4.78. The fourth-order valence-electron chi connectivity index (χ4n) is 6.35. The van der Waals surface area contributed by atoms with Crippen LogP contribution in [0.15, 0.2) is 36.4 Å². The number of fused-ring (bicyclic) bond motifs is 1. The third kappa shape index (κ3) is 15.5. The minimum Gasteiger partial charge on any atom is -0.439 e. The maximum absolute atomic E-state index is 13.2. The first kappa shape index (κ1) is 44.1. The second kappa shape index (κ2) is 22.8. The number of carbonyl (C=O) groups excluding carboxylic acids is 5. The minimum absolute atomic E-state index is 0.0124. The number of nitrogens with zero attached hydrogens (tertiary/aromatic N) is 1. The Labute approximate surface area is 329 Å². The van der Waals surface area contributed by atoms with E-state index in [0.29, 0.717) is 44.0 Å². The largest absolute Gasteiger partial charge is 0.439 e. The van der Waals surface area contributed by atoms with E-state index in [1.54, 1.807) is 0 Å². The van der Waals surface area contributed by atoms with E-state index in [2.05, 4.69) is 36.9 Å². The van der Waals surface area contributed by atoms with Crippen LogP contribution in [0.2, 0.25) is 0 Å². The maximum atomic E-state index is 13.2. The summed E-state index contributed by atoms with van der Waals surface area (Å²) in [5.74, 6) is 0.179. The number of hydrogen-bond donors (Lipinski definition) is 7. The number of alkyl halides is 3. The van der Waals surface area contributed by atoms with E-state index in [-0.39, 0.29) is 78.2 Å². The van der Waals surface area contributed by atoms with Gasteiger partial charge < -0.3 is 42.4 Å². The van der Waals surface area contributed by atoms with Gasteiger partial charge in [-0.05, 0) is 68.4 Å². The normalized spacial score (nSPS) is 17.4. The Morgan fingerprint density at radius 3 is 2.07 bits per heavy atom. The summed E-state index contributed by atoms with van der Waals surface area (Å²) < 4.78 is 45.1. The first-order valence-corrected chi connectivity index (χ1v) is 20.3. The molecule has 3 atom stereocenters. The van der Waals surface area contributed by atoms with Gasteiger partial charge in [0, 0.05) is 74.6 Å². The fourth-order valence-corrected chi connectivity index (χ4v) is 7.89. The Bertz CT molecular complexity index is 1630. The van der Waals surface area contributed by atoms with Gasteiger partial charge in [0.1, 0.15) is 11.4 Å². The zero-order valence-corrected chi connectivity index (χ0v) is 32.3. The van der Waals surface area contributed by atoms with Gasteiger partial charge in [0.25, 0.3) is 5.91 Å². The number of nitrogens with two attached hydrogens (primary N) is 1. The van der Waals surface area contributed by atoms with E-state index in [1.807, 2.05) is 11.8 Å². The number of ether oxygens (including phenoxy) is 1. The van der Waals surface area contributed by atoms with Gasteiger partial charge in [0.2, 0.25) is 23.6 Å². The Hall–Kier alpha value is -4.58. The van der Waals surface area contributed by atoms with Crippen molar-refractivity contribution in [2.24, 2.45) is 5.73 Å². The van der Waals surface area contributed by atoms with Crippen LogP contribution in [-0.2, 0) is 27.1 Å². The van der Waals surface area contributed by atoms with Crippen LogP contribution in [-0.4, -0.2) is 83.9 Å². The van der Waals surface area contributed by atoms with Crippen LogP contribution in [0, 0.1) is 0 Å². The van der Waals surface area contributed by atoms with Crippen molar-refractivity contribution in [1.29, 1.82) is 0 Å². The third-order valence-electron chi connectivity index (χ3n) is 9.33. The Balaban J connectivity index is 0.942. The molecule has 2 aromatic rings. The average molecular weight is 807 g/mol. The average Bonchev–Trinajstić information content (AvgIpc) is 3.73. The second-order valence-electron chi connectivity index (χ2n) is 13.8. The molecule has 56 heavy (non-hydrogen) atoms. The number of thioether (sulfide) groups is 1. The number of nitrogens with one attached hydrogen (secondary N) is 6. The molecule has 18 heteroatoms. The molecule has 6 amide bonds. The van der Waals surface area contributed by atoms with Crippen LogP contribution in [0.3, 0.4) is 0 Å². The highest BCUT2D eigenvalue weighted by Crippen LogP contribution is 2.33. The standard InChI is InChI=1S/C38H53F3N8O6S/c39-38(40,41)30-20-25(23-42)21-34(48-30)55-27-11-9-10-26(22-27)36(53)46-19-18-45-33(52)14-4-2-8-16-43-31(50)13-3-1-7-17-44-32(51)15-6-5-12-29-35-28(24-56-29)47-37(54)49-35/h9-11,20-22,28-29,35H,1-8,12-19,23-24,42H2,(H,43,50)(H,44,51)(H,45,52)(H,46,53)(H2,47,49,54)/t28-,29-,35-/m0/s1. The lowest BCUT2D eigenvalue weighted by Gasteiger charge is -2.16. The van der Waals surface area contributed by atoms with Crippen LogP contribution in [0.4, 0.5) is 18.0 Å². The number of hydrogen-bond acceptors (Lipinski definition) is 9. The molecule has 2 fully saturated rings. The van der Waals surface area contributed by atoms with Gasteiger partial charge >= 0.3 is 12.2 Å². The molecule has 2 aliphatic rings. The molecule has 0 saturated carbocycles. The summed E-state index contributed by atoms with van der Waals surface area (Å²) >= 11 is 1.88. The predicted molar refractivity (Wildman–Crippen MR) is 206 cm³/mol. The number of carbonyl (C=O) groups is 5. The van der Waals surface area contributed by atoms with Crippen molar-refractivity contribution in [2.75, 3.05) is 31.9 Å². The molecule has 4 rings (SSSR count). The van der Waals surface area contributed by atoms with E-state index in [1.165, 1.54) is 30.3 Å². The number of amides is 6. The number of rotatable bonds is 24. The molecule has 2 saturated heterocycles. The lowest BCUT2D eigenvalue weighted by atomic mass is 10.0. The van der Waals surface area contributed by atoms with Crippen LogP contribution in [0.25, 0.3) is 0 Å². The molecule has 8 N–H and O–H groups in total. The van der Waals surface area contributed by atoms with E-state index in [0.717, 1.165) is 63.2 Å². The van der Waals surface area contributed by atoms with Crippen molar-refractivity contribution in [3.8, 4) is 11.6 Å². The first-order chi connectivity index (χ1) is 26.9. The molecule has 14 nitrogen and oxygen atoms in total. The van der Waals surface area contributed by atoms with Crippen LogP contribution in [0.5, 0.6) is 11.6 Å². The maximum Gasteiger partial charge on any atom is 0.433 e. The van der Waals surface area contributed by atoms with Gasteiger partial charge in [-0.1, -0.05) is 25.3 Å². The summed E-state index contributed by atoms with van der Waals surface area (Å²) in [4.78, 5) is 64.1. The molecular formula is C38H53F3N8O6S. The first-order valence-electron chi connectivity index (χ1n) is 19.2. The SMILES string of the molecule is NCc1cc(Oc2cccc(C(=O)NCCNC(=O)CCCCCNC(=O)CCCCCNC(=O)CCCC[C@@H]3SC[C@@H]4NC(=O)N[C@@H]43)c2)nc(C(F)(F)F)c1. The van der Waals surface area contributed by atoms with E-state index in [4.69, 9.17) is 10.5 Å². The van der Waals surface area contributed by atoms with Gasteiger partial charge in [-0.15, -0.1) is 0 Å². The zero-order valence-electron chi connectivity index (χ0n) is 31.4. The van der Waals surface area contributed by atoms with Crippen LogP contribution >= 0.6 is 11.8 Å². The molecule has 1 aromatic heterocycles. The molecule has 3 heterocycles. The van der Waals surface area contributed by atoms with Crippen molar-refractivity contribution in [2.45, 2.75) is 107 Å². The van der Waals surface area contributed by atoms with E-state index >= 15 is 0 Å². The van der Waals surface area contributed by atoms with Crippen molar-refractivity contribution in [3.05, 3.63) is 53.2 Å². The fraction of sp³-hybridized carbons (Fsp3) is 0.579. The van der Waals surface area contributed by atoms with Crippen molar-refractivity contribution in [3.63, 3.8) is 0 Å². The van der Waals surface area contributed by atoms with E-state index < -0.39 is 17.8 Å². The second-order valence-corrected chi connectivity index (χ2v) is 15.1. The molecule has 0 bridgehead atoms. The highest BCUT2D eigenvalue weighted by atomic mass is 32.2. The summed E-state index contributed by atoms with van der Waals surface area (Å²) in [6.07, 6.45) is 3.89. The molecule has 0 aliphatic carbocycles. The highest BCUT2D eigenvalue weighted by molar-refractivity contribution is 8.00. The van der Waals surface area contributed by atoms with Gasteiger partial charge in [-0.25, -0.2) is 9.78 Å². The third-order valence-corrected chi connectivity index (χ3v) is 10.8. The molecular weight excluding hydrogens is 754 g/mol. The molecule has 1 aromatic carbocycles. The lowest BCUT2D eigenvalue weighted by molar-refractivity contribution is -0.141. The summed E-state index contributed by atoms with van der Waals surface area (Å²) in [6, 6.07) is 8.38. The molecule has 0 radical (unpaired) electrons. The zero-order chi connectivity index (χ0) is 40.3. The summed E-state index contributed by atoms with van der Waals surface area (Å²) in [6.45, 7) is 1.36. The summed E-state index contributed by atoms with van der Waals surface area (Å²) in [5, 5.41) is 17.6. The van der Waals surface area contributed by atoms with Gasteiger partial charge in [-0.3, -0.25) is 19.2 Å². The van der Waals surface area contributed by atoms with Gasteiger partial charge in [0.15, 0.2) is 0 Å². The summed E-state index contributed by atoms with van der Waals surface area (Å²) in [7, 11) is 0. The predicted octanol–water partition coefficient (Wildman–Crippen LogP) is 4.28. The smallest absolute Gasteiger partial charge is 0.433 e. The monoisotopic (exact) mass is 806 g/mol. The minimum atomic E-state index is -4.68. The number of benzene rings is 1. The lowest BCUT2D eigenvalue weighted by Crippen LogP contribution is -2.36. The number of pyridine rings is 1. The van der Waals surface area contributed by atoms with E-state index in [9.17, 15) is 37.1 Å². The highest BCUT2D eigenvalue weighted by Gasteiger charge is 2.42. The number of unbranched alkanes of at least 4 members (excludes halogenated alkanes) is 5. The van der Waals surface area contributed by atoms with Crippen molar-refractivity contribution >= 4 is 41.4 Å².